The van der Waals surface area contributed by atoms with E-state index in [1.165, 1.54) is 0 Å². The lowest BCUT2D eigenvalue weighted by molar-refractivity contribution is 0.0535. The monoisotopic (exact) mass is 586 g/mol. The smallest absolute Gasteiger partial charge is 0.420 e. The van der Waals surface area contributed by atoms with Gasteiger partial charge in [-0.3, -0.25) is 14.8 Å². The van der Waals surface area contributed by atoms with Crippen molar-refractivity contribution in [2.24, 2.45) is 5.73 Å². The number of ether oxygens (including phenoxy) is 1. The summed E-state index contributed by atoms with van der Waals surface area (Å²) in [7, 11) is 0. The molecule has 1 fully saturated rings. The predicted molar refractivity (Wildman–Crippen MR) is 167 cm³/mol. The van der Waals surface area contributed by atoms with Crippen molar-refractivity contribution in [3.05, 3.63) is 165 Å². The molecule has 3 heterocycles. The Labute approximate surface area is 255 Å². The molecule has 7 rings (SSSR count). The molecule has 2 atom stereocenters. The van der Waals surface area contributed by atoms with E-state index in [-0.39, 0.29) is 18.2 Å². The molecule has 0 bridgehead atoms. The van der Waals surface area contributed by atoms with E-state index in [0.717, 1.165) is 33.4 Å². The molecule has 0 aliphatic carbocycles. The zero-order valence-corrected chi connectivity index (χ0v) is 24.5. The van der Waals surface area contributed by atoms with Gasteiger partial charge >= 0.3 is 11.7 Å². The van der Waals surface area contributed by atoms with Crippen LogP contribution < -0.4 is 16.8 Å². The van der Waals surface area contributed by atoms with Gasteiger partial charge in [-0.05, 0) is 40.8 Å². The third-order valence-electron chi connectivity index (χ3n) is 8.90. The number of fused-ring (bicyclic) bond motifs is 1. The average molecular weight is 587 g/mol. The van der Waals surface area contributed by atoms with Gasteiger partial charge < -0.3 is 14.9 Å². The number of carbonyl (C=O) groups excluding carboxylic acids is 1. The minimum atomic E-state index is -0.952. The molecule has 2 aliphatic rings. The number of rotatable bonds is 7. The number of nitrogens with zero attached hydrogens (tertiary/aromatic N) is 2. The van der Waals surface area contributed by atoms with Gasteiger partial charge in [-0.15, -0.1) is 0 Å². The van der Waals surface area contributed by atoms with Gasteiger partial charge in [0.05, 0.1) is 24.5 Å². The Morgan fingerprint density at radius 1 is 0.841 bits per heavy atom. The van der Waals surface area contributed by atoms with Crippen molar-refractivity contribution in [2.75, 3.05) is 13.1 Å². The van der Waals surface area contributed by atoms with Crippen LogP contribution in [0.4, 0.5) is 0 Å². The second-order valence-electron chi connectivity index (χ2n) is 11.5. The van der Waals surface area contributed by atoms with Crippen LogP contribution in [0.1, 0.15) is 55.5 Å². The zero-order chi connectivity index (χ0) is 30.3. The van der Waals surface area contributed by atoms with Gasteiger partial charge in [-0.25, -0.2) is 9.59 Å². The summed E-state index contributed by atoms with van der Waals surface area (Å²) in [4.78, 5) is 28.2. The molecule has 44 heavy (non-hydrogen) atoms. The van der Waals surface area contributed by atoms with Crippen molar-refractivity contribution in [3.8, 4) is 0 Å². The number of esters is 1. The van der Waals surface area contributed by atoms with Crippen molar-refractivity contribution in [1.29, 1.82) is 0 Å². The number of aromatic nitrogens is 1. The van der Waals surface area contributed by atoms with Gasteiger partial charge in [-0.1, -0.05) is 97.1 Å². The predicted octanol–water partition coefficient (Wildman–Crippen LogP) is 4.69. The van der Waals surface area contributed by atoms with E-state index < -0.39 is 11.3 Å². The van der Waals surface area contributed by atoms with Crippen molar-refractivity contribution in [2.45, 2.75) is 37.8 Å². The van der Waals surface area contributed by atoms with Gasteiger partial charge in [-0.2, -0.15) is 0 Å². The van der Waals surface area contributed by atoms with E-state index in [0.29, 0.717) is 37.6 Å². The summed E-state index contributed by atoms with van der Waals surface area (Å²) < 4.78 is 13.0. The lowest BCUT2D eigenvalue weighted by Crippen LogP contribution is -2.56. The number of nitrogens with one attached hydrogen (secondary N) is 1. The quantitative estimate of drug-likeness (QED) is 0.211. The molecule has 0 unspecified atom stereocenters. The largest absolute Gasteiger partial charge is 0.457 e. The summed E-state index contributed by atoms with van der Waals surface area (Å²) >= 11 is 0. The third kappa shape index (κ3) is 4.77. The second kappa shape index (κ2) is 11.4. The Kier molecular flexibility index (Phi) is 7.26. The van der Waals surface area contributed by atoms with Crippen LogP contribution in [-0.2, 0) is 23.4 Å². The first kappa shape index (κ1) is 28.0. The van der Waals surface area contributed by atoms with Gasteiger partial charge in [0.25, 0.3) is 0 Å². The highest BCUT2D eigenvalue weighted by Crippen LogP contribution is 2.40. The lowest BCUT2D eigenvalue weighted by atomic mass is 9.76. The standard InChI is InChI=1S/C36H34N4O4/c1-24-29(17-18-30-31(24)23-43-34(30)41)32-21-39(22-33(37)38-32)19-28-20-40(35(42)44-28)36(25-11-5-2-6-12-25,26-13-7-3-8-14-26)27-15-9-4-10-16-27/h2-18,20,32-33,38H,19,21-23,37H2,1H3/t32-,33+/m0/s1. The van der Waals surface area contributed by atoms with Crippen LogP contribution in [0.5, 0.6) is 0 Å². The van der Waals surface area contributed by atoms with Crippen LogP contribution in [0.3, 0.4) is 0 Å². The highest BCUT2D eigenvalue weighted by atomic mass is 16.5. The van der Waals surface area contributed by atoms with Crippen molar-refractivity contribution >= 4 is 5.97 Å². The average Bonchev–Trinajstić information content (AvgIpc) is 3.61. The number of nitrogens with two attached hydrogens (primary N) is 1. The Morgan fingerprint density at radius 2 is 1.43 bits per heavy atom. The van der Waals surface area contributed by atoms with Gasteiger partial charge in [0.15, 0.2) is 0 Å². The number of oxazole rings is 1. The summed E-state index contributed by atoms with van der Waals surface area (Å²) in [6.07, 6.45) is 1.56. The Bertz CT molecular complexity index is 1750. The van der Waals surface area contributed by atoms with Crippen LogP contribution in [0.25, 0.3) is 0 Å². The van der Waals surface area contributed by atoms with E-state index in [9.17, 15) is 9.59 Å². The lowest BCUT2D eigenvalue weighted by Gasteiger charge is -2.38. The Balaban J connectivity index is 1.26. The molecule has 0 spiro atoms. The van der Waals surface area contributed by atoms with Crippen LogP contribution >= 0.6 is 0 Å². The maximum Gasteiger partial charge on any atom is 0.420 e. The molecule has 2 aliphatic heterocycles. The highest BCUT2D eigenvalue weighted by molar-refractivity contribution is 5.94. The fourth-order valence-corrected chi connectivity index (χ4v) is 6.90. The summed E-state index contributed by atoms with van der Waals surface area (Å²) in [6.45, 7) is 3.96. The number of hydrogen-bond acceptors (Lipinski definition) is 7. The molecule has 0 amide bonds. The first-order valence-electron chi connectivity index (χ1n) is 14.9. The van der Waals surface area contributed by atoms with Crippen LogP contribution in [0.2, 0.25) is 0 Å². The minimum absolute atomic E-state index is 0.0643. The summed E-state index contributed by atoms with van der Waals surface area (Å²) in [5.41, 5.74) is 12.1. The molecular weight excluding hydrogens is 552 g/mol. The van der Waals surface area contributed by atoms with Crippen molar-refractivity contribution in [1.82, 2.24) is 14.8 Å². The van der Waals surface area contributed by atoms with Crippen LogP contribution in [0.15, 0.2) is 119 Å². The summed E-state index contributed by atoms with van der Waals surface area (Å²) in [6, 6.07) is 34.0. The molecule has 0 saturated carbocycles. The number of hydrogen-bond donors (Lipinski definition) is 2. The number of piperazine rings is 1. The molecule has 3 N–H and O–H groups in total. The number of cyclic esters (lactones) is 1. The van der Waals surface area contributed by atoms with E-state index in [1.807, 2.05) is 79.9 Å². The van der Waals surface area contributed by atoms with E-state index in [1.54, 1.807) is 4.57 Å². The summed E-state index contributed by atoms with van der Waals surface area (Å²) in [5, 5.41) is 3.51. The fourth-order valence-electron chi connectivity index (χ4n) is 6.90. The molecule has 4 aromatic carbocycles. The molecule has 8 heteroatoms. The molecule has 1 aromatic heterocycles. The molecule has 0 radical (unpaired) electrons. The third-order valence-corrected chi connectivity index (χ3v) is 8.90. The second-order valence-corrected chi connectivity index (χ2v) is 11.5. The van der Waals surface area contributed by atoms with Crippen molar-refractivity contribution in [3.63, 3.8) is 0 Å². The normalized spacial score (nSPS) is 18.6. The maximum absolute atomic E-state index is 13.9. The first-order chi connectivity index (χ1) is 21.4. The van der Waals surface area contributed by atoms with Gasteiger partial charge in [0, 0.05) is 24.7 Å². The first-order valence-corrected chi connectivity index (χ1v) is 14.9. The Morgan fingerprint density at radius 3 is 2.02 bits per heavy atom. The molecular formula is C36H34N4O4. The molecule has 1 saturated heterocycles. The molecule has 8 nitrogen and oxygen atoms in total. The zero-order valence-electron chi connectivity index (χ0n) is 24.5. The minimum Gasteiger partial charge on any atom is -0.457 e. The van der Waals surface area contributed by atoms with Crippen LogP contribution in [0, 0.1) is 6.92 Å². The molecule has 222 valence electrons. The van der Waals surface area contributed by atoms with E-state index in [4.69, 9.17) is 14.9 Å². The Hall–Kier alpha value is -4.76. The topological polar surface area (TPSA) is 103 Å². The maximum atomic E-state index is 13.9. The fraction of sp³-hybridized carbons (Fsp3) is 0.222. The van der Waals surface area contributed by atoms with E-state index in [2.05, 4.69) is 46.6 Å². The number of carbonyl (C=O) groups is 1. The summed E-state index contributed by atoms with van der Waals surface area (Å²) in [5.74, 6) is -0.159. The van der Waals surface area contributed by atoms with E-state index >= 15 is 0 Å². The SMILES string of the molecule is Cc1c([C@@H]2CN(Cc3cn(C(c4ccccc4)(c4ccccc4)c4ccccc4)c(=O)o3)C[C@H](N)N2)ccc2c1COC2=O. The van der Waals surface area contributed by atoms with Gasteiger partial charge in [0.2, 0.25) is 0 Å². The van der Waals surface area contributed by atoms with Gasteiger partial charge in [0.1, 0.15) is 17.9 Å². The number of benzene rings is 4. The highest BCUT2D eigenvalue weighted by Gasteiger charge is 2.41. The van der Waals surface area contributed by atoms with Crippen LogP contribution in [-0.4, -0.2) is 34.7 Å². The molecule has 5 aromatic rings. The van der Waals surface area contributed by atoms with Crippen molar-refractivity contribution < 1.29 is 13.9 Å².